The standard InChI is InChI=1S/C22H27FN2O3/c1-15(27)25(11-12-28-2)13-20-22(21(14-26)24-20)18-5-3-16(4-6-18)17-7-9-19(23)10-8-17/h3-10,20-22,24,26H,11-14H2,1-2H3/t20-,21-,22+/m0/s1. The van der Waals surface area contributed by atoms with Crippen LogP contribution in [0.4, 0.5) is 4.39 Å². The number of benzene rings is 2. The van der Waals surface area contributed by atoms with Gasteiger partial charge in [0, 0.05) is 45.1 Å². The summed E-state index contributed by atoms with van der Waals surface area (Å²) < 4.78 is 18.2. The smallest absolute Gasteiger partial charge is 0.219 e. The summed E-state index contributed by atoms with van der Waals surface area (Å²) in [6.07, 6.45) is 0. The topological polar surface area (TPSA) is 61.8 Å². The number of amides is 1. The van der Waals surface area contributed by atoms with Gasteiger partial charge in [0.1, 0.15) is 5.82 Å². The van der Waals surface area contributed by atoms with Gasteiger partial charge < -0.3 is 20.1 Å². The number of methoxy groups -OCH3 is 1. The van der Waals surface area contributed by atoms with Crippen molar-refractivity contribution in [1.82, 2.24) is 10.2 Å². The number of carbonyl (C=O) groups is 1. The van der Waals surface area contributed by atoms with Gasteiger partial charge in [0.25, 0.3) is 0 Å². The van der Waals surface area contributed by atoms with Gasteiger partial charge in [0.2, 0.25) is 5.91 Å². The van der Waals surface area contributed by atoms with E-state index in [2.05, 4.69) is 5.32 Å². The van der Waals surface area contributed by atoms with Crippen LogP contribution in [0, 0.1) is 5.82 Å². The average Bonchev–Trinajstić information content (AvgIpc) is 2.68. The lowest BCUT2D eigenvalue weighted by molar-refractivity contribution is -0.130. The van der Waals surface area contributed by atoms with Gasteiger partial charge in [-0.2, -0.15) is 0 Å². The first-order valence-corrected chi connectivity index (χ1v) is 9.50. The Morgan fingerprint density at radius 3 is 2.25 bits per heavy atom. The van der Waals surface area contributed by atoms with Gasteiger partial charge in [-0.25, -0.2) is 4.39 Å². The third-order valence-electron chi connectivity index (χ3n) is 5.39. The van der Waals surface area contributed by atoms with Crippen molar-refractivity contribution in [2.75, 3.05) is 33.4 Å². The molecular formula is C22H27FN2O3. The molecule has 1 fully saturated rings. The maximum Gasteiger partial charge on any atom is 0.219 e. The SMILES string of the molecule is COCCN(C[C@@H]1N[C@@H](CO)[C@@H]1c1ccc(-c2ccc(F)cc2)cc1)C(C)=O. The summed E-state index contributed by atoms with van der Waals surface area (Å²) >= 11 is 0. The van der Waals surface area contributed by atoms with Gasteiger partial charge >= 0.3 is 0 Å². The van der Waals surface area contributed by atoms with Crippen molar-refractivity contribution in [1.29, 1.82) is 0 Å². The molecule has 6 heteroatoms. The molecule has 2 N–H and O–H groups in total. The summed E-state index contributed by atoms with van der Waals surface area (Å²) in [5.74, 6) is -0.119. The van der Waals surface area contributed by atoms with Crippen LogP contribution in [0.5, 0.6) is 0 Å². The van der Waals surface area contributed by atoms with E-state index in [-0.39, 0.29) is 36.3 Å². The van der Waals surface area contributed by atoms with E-state index >= 15 is 0 Å². The van der Waals surface area contributed by atoms with Crippen LogP contribution < -0.4 is 5.32 Å². The second-order valence-electron chi connectivity index (χ2n) is 7.17. The van der Waals surface area contributed by atoms with Crippen LogP contribution in [0.15, 0.2) is 48.5 Å². The van der Waals surface area contributed by atoms with Gasteiger partial charge in [-0.05, 0) is 28.8 Å². The fraction of sp³-hybridized carbons (Fsp3) is 0.409. The van der Waals surface area contributed by atoms with E-state index in [1.807, 2.05) is 24.3 Å². The first kappa shape index (κ1) is 20.5. The van der Waals surface area contributed by atoms with Crippen LogP contribution in [0.2, 0.25) is 0 Å². The third kappa shape index (κ3) is 4.58. The third-order valence-corrected chi connectivity index (χ3v) is 5.39. The van der Waals surface area contributed by atoms with Crippen molar-refractivity contribution in [3.8, 4) is 11.1 Å². The Balaban J connectivity index is 1.73. The van der Waals surface area contributed by atoms with Gasteiger partial charge in [-0.15, -0.1) is 0 Å². The summed E-state index contributed by atoms with van der Waals surface area (Å²) in [6, 6.07) is 14.6. The number of nitrogens with one attached hydrogen (secondary N) is 1. The summed E-state index contributed by atoms with van der Waals surface area (Å²) in [5.41, 5.74) is 3.08. The fourth-order valence-corrected chi connectivity index (χ4v) is 3.80. The van der Waals surface area contributed by atoms with E-state index < -0.39 is 0 Å². The maximum atomic E-state index is 13.1. The number of hydrogen-bond donors (Lipinski definition) is 2. The zero-order valence-corrected chi connectivity index (χ0v) is 16.3. The molecule has 1 saturated heterocycles. The van der Waals surface area contributed by atoms with E-state index in [1.54, 1.807) is 31.1 Å². The quantitative estimate of drug-likeness (QED) is 0.731. The van der Waals surface area contributed by atoms with Crippen LogP contribution >= 0.6 is 0 Å². The number of nitrogens with zero attached hydrogens (tertiary/aromatic N) is 1. The van der Waals surface area contributed by atoms with Crippen molar-refractivity contribution in [2.45, 2.75) is 24.9 Å². The highest BCUT2D eigenvalue weighted by atomic mass is 19.1. The van der Waals surface area contributed by atoms with Crippen molar-refractivity contribution < 1.29 is 19.0 Å². The van der Waals surface area contributed by atoms with Crippen LogP contribution in [0.3, 0.4) is 0 Å². The Bertz CT molecular complexity index is 779. The molecule has 0 unspecified atom stereocenters. The molecule has 0 aliphatic carbocycles. The van der Waals surface area contributed by atoms with E-state index in [9.17, 15) is 14.3 Å². The minimum atomic E-state index is -0.252. The molecule has 0 radical (unpaired) electrons. The van der Waals surface area contributed by atoms with Gasteiger partial charge in [-0.1, -0.05) is 36.4 Å². The number of aliphatic hydroxyl groups is 1. The highest BCUT2D eigenvalue weighted by Gasteiger charge is 2.41. The normalized spacial score (nSPS) is 21.2. The number of carbonyl (C=O) groups excluding carboxylic acids is 1. The van der Waals surface area contributed by atoms with E-state index in [0.717, 1.165) is 16.7 Å². The molecule has 28 heavy (non-hydrogen) atoms. The van der Waals surface area contributed by atoms with Crippen molar-refractivity contribution in [3.63, 3.8) is 0 Å². The predicted octanol–water partition coefficient (Wildman–Crippen LogP) is 2.40. The number of aliphatic hydroxyl groups excluding tert-OH is 1. The Labute approximate surface area is 165 Å². The van der Waals surface area contributed by atoms with Gasteiger partial charge in [0.05, 0.1) is 13.2 Å². The van der Waals surface area contributed by atoms with Crippen molar-refractivity contribution >= 4 is 5.91 Å². The molecule has 1 heterocycles. The molecule has 0 saturated carbocycles. The summed E-state index contributed by atoms with van der Waals surface area (Å²) in [6.45, 7) is 3.21. The fourth-order valence-electron chi connectivity index (χ4n) is 3.80. The lowest BCUT2D eigenvalue weighted by Gasteiger charge is -2.47. The molecule has 5 nitrogen and oxygen atoms in total. The second kappa shape index (κ2) is 9.28. The van der Waals surface area contributed by atoms with Crippen LogP contribution in [-0.2, 0) is 9.53 Å². The second-order valence-corrected chi connectivity index (χ2v) is 7.17. The minimum absolute atomic E-state index is 0.0108. The molecule has 3 atom stereocenters. The first-order valence-electron chi connectivity index (χ1n) is 9.50. The monoisotopic (exact) mass is 386 g/mol. The Morgan fingerprint density at radius 1 is 1.11 bits per heavy atom. The zero-order chi connectivity index (χ0) is 20.1. The summed E-state index contributed by atoms with van der Waals surface area (Å²) in [5, 5.41) is 13.0. The molecular weight excluding hydrogens is 359 g/mol. The first-order chi connectivity index (χ1) is 13.5. The lowest BCUT2D eigenvalue weighted by Crippen LogP contribution is -2.65. The molecule has 2 aromatic carbocycles. The predicted molar refractivity (Wildman–Crippen MR) is 107 cm³/mol. The van der Waals surface area contributed by atoms with Gasteiger partial charge in [0.15, 0.2) is 0 Å². The molecule has 0 bridgehead atoms. The molecule has 1 aliphatic heterocycles. The number of rotatable bonds is 8. The number of halogens is 1. The lowest BCUT2D eigenvalue weighted by atomic mass is 9.77. The highest BCUT2D eigenvalue weighted by molar-refractivity contribution is 5.73. The van der Waals surface area contributed by atoms with Crippen LogP contribution in [-0.4, -0.2) is 61.4 Å². The van der Waals surface area contributed by atoms with Crippen LogP contribution in [0.25, 0.3) is 11.1 Å². The van der Waals surface area contributed by atoms with Gasteiger partial charge in [-0.3, -0.25) is 4.79 Å². The van der Waals surface area contributed by atoms with E-state index in [1.165, 1.54) is 12.1 Å². The Hall–Kier alpha value is -2.28. The number of hydrogen-bond acceptors (Lipinski definition) is 4. The molecule has 2 aromatic rings. The highest BCUT2D eigenvalue weighted by Crippen LogP contribution is 2.34. The molecule has 1 amide bonds. The molecule has 3 rings (SSSR count). The average molecular weight is 386 g/mol. The number of ether oxygens (including phenoxy) is 1. The summed E-state index contributed by atoms with van der Waals surface area (Å²) in [7, 11) is 1.62. The zero-order valence-electron chi connectivity index (χ0n) is 16.3. The minimum Gasteiger partial charge on any atom is -0.395 e. The molecule has 150 valence electrons. The molecule has 0 aromatic heterocycles. The summed E-state index contributed by atoms with van der Waals surface area (Å²) in [4.78, 5) is 13.7. The van der Waals surface area contributed by atoms with Crippen LogP contribution in [0.1, 0.15) is 18.4 Å². The van der Waals surface area contributed by atoms with Crippen molar-refractivity contribution in [3.05, 3.63) is 59.9 Å². The maximum absolute atomic E-state index is 13.1. The Morgan fingerprint density at radius 2 is 1.71 bits per heavy atom. The largest absolute Gasteiger partial charge is 0.395 e. The molecule has 0 spiro atoms. The van der Waals surface area contributed by atoms with Crippen molar-refractivity contribution in [2.24, 2.45) is 0 Å². The molecule has 1 aliphatic rings. The van der Waals surface area contributed by atoms with E-state index in [4.69, 9.17) is 4.74 Å². The Kier molecular flexibility index (Phi) is 6.78. The van der Waals surface area contributed by atoms with E-state index in [0.29, 0.717) is 19.7 Å².